The van der Waals surface area contributed by atoms with Gasteiger partial charge in [0.15, 0.2) is 5.82 Å². The van der Waals surface area contributed by atoms with Gasteiger partial charge in [0.25, 0.3) is 0 Å². The number of anilines is 1. The van der Waals surface area contributed by atoms with Crippen molar-refractivity contribution >= 4 is 5.82 Å². The maximum atomic E-state index is 5.91. The number of morpholine rings is 2. The number of aromatic nitrogens is 3. The van der Waals surface area contributed by atoms with Crippen LogP contribution in [-0.4, -0.2) is 53.6 Å². The van der Waals surface area contributed by atoms with Crippen LogP contribution in [0.1, 0.15) is 0 Å². The number of rotatable bonds is 2. The first-order chi connectivity index (χ1) is 10.4. The molecule has 0 radical (unpaired) electrons. The molecule has 2 fully saturated rings. The van der Waals surface area contributed by atoms with E-state index in [1.54, 1.807) is 12.4 Å². The molecule has 2 aliphatic rings. The number of ether oxygens (including phenoxy) is 1. The minimum absolute atomic E-state index is 0.247. The summed E-state index contributed by atoms with van der Waals surface area (Å²) in [6, 6.07) is 7.93. The molecule has 2 aromatic heterocycles. The summed E-state index contributed by atoms with van der Waals surface area (Å²) < 4.78 is 5.91. The Labute approximate surface area is 123 Å². The van der Waals surface area contributed by atoms with Crippen molar-refractivity contribution in [2.75, 3.05) is 31.1 Å². The molecule has 21 heavy (non-hydrogen) atoms. The highest BCUT2D eigenvalue weighted by Crippen LogP contribution is 2.21. The Balaban J connectivity index is 1.54. The van der Waals surface area contributed by atoms with Crippen LogP contribution in [0.3, 0.4) is 0 Å². The first-order valence-electron chi connectivity index (χ1n) is 7.24. The number of hydrogen-bond donors (Lipinski definition) is 1. The van der Waals surface area contributed by atoms with Gasteiger partial charge in [-0.05, 0) is 24.3 Å². The lowest BCUT2D eigenvalue weighted by molar-refractivity contribution is -0.0486. The molecule has 2 bridgehead atoms. The molecule has 0 amide bonds. The Hall–Kier alpha value is -2.05. The van der Waals surface area contributed by atoms with Crippen LogP contribution in [0.2, 0.25) is 0 Å². The van der Waals surface area contributed by atoms with Gasteiger partial charge in [-0.1, -0.05) is 0 Å². The van der Waals surface area contributed by atoms with Gasteiger partial charge >= 0.3 is 0 Å². The monoisotopic (exact) mass is 283 g/mol. The molecule has 2 unspecified atom stereocenters. The molecule has 2 saturated heterocycles. The molecule has 0 aliphatic carbocycles. The second kappa shape index (κ2) is 5.38. The highest BCUT2D eigenvalue weighted by atomic mass is 16.5. The Morgan fingerprint density at radius 2 is 1.95 bits per heavy atom. The van der Waals surface area contributed by atoms with Crippen molar-refractivity contribution in [2.45, 2.75) is 12.2 Å². The molecule has 108 valence electrons. The zero-order valence-corrected chi connectivity index (χ0v) is 11.6. The van der Waals surface area contributed by atoms with E-state index >= 15 is 0 Å². The van der Waals surface area contributed by atoms with Gasteiger partial charge in [0.1, 0.15) is 0 Å². The van der Waals surface area contributed by atoms with Crippen molar-refractivity contribution in [2.24, 2.45) is 0 Å². The Morgan fingerprint density at radius 1 is 1.10 bits per heavy atom. The van der Waals surface area contributed by atoms with Gasteiger partial charge < -0.3 is 15.0 Å². The van der Waals surface area contributed by atoms with Crippen LogP contribution in [-0.2, 0) is 4.74 Å². The first-order valence-corrected chi connectivity index (χ1v) is 7.24. The van der Waals surface area contributed by atoms with Crippen molar-refractivity contribution in [3.8, 4) is 11.3 Å². The summed E-state index contributed by atoms with van der Waals surface area (Å²) in [5.74, 6) is 0.919. The third-order valence-electron chi connectivity index (χ3n) is 3.91. The molecule has 2 atom stereocenters. The fourth-order valence-electron chi connectivity index (χ4n) is 2.90. The van der Waals surface area contributed by atoms with Gasteiger partial charge in [0.2, 0.25) is 0 Å². The van der Waals surface area contributed by atoms with E-state index in [-0.39, 0.29) is 12.2 Å². The van der Waals surface area contributed by atoms with Gasteiger partial charge in [-0.3, -0.25) is 4.98 Å². The van der Waals surface area contributed by atoms with Crippen LogP contribution in [0, 0.1) is 0 Å². The van der Waals surface area contributed by atoms with Crippen LogP contribution in [0.15, 0.2) is 36.7 Å². The van der Waals surface area contributed by atoms with Crippen LogP contribution >= 0.6 is 0 Å². The molecule has 4 heterocycles. The van der Waals surface area contributed by atoms with E-state index in [0.29, 0.717) is 0 Å². The van der Waals surface area contributed by atoms with E-state index in [1.165, 1.54) is 0 Å². The lowest BCUT2D eigenvalue weighted by atomic mass is 10.1. The Morgan fingerprint density at radius 3 is 2.62 bits per heavy atom. The number of hydrogen-bond acceptors (Lipinski definition) is 6. The molecular weight excluding hydrogens is 266 g/mol. The molecule has 6 heteroatoms. The molecule has 2 aliphatic heterocycles. The van der Waals surface area contributed by atoms with Crippen LogP contribution < -0.4 is 10.2 Å². The maximum Gasteiger partial charge on any atom is 0.151 e. The molecule has 4 rings (SSSR count). The fraction of sp³-hybridized carbons (Fsp3) is 0.400. The summed E-state index contributed by atoms with van der Waals surface area (Å²) in [5.41, 5.74) is 1.83. The summed E-state index contributed by atoms with van der Waals surface area (Å²) >= 11 is 0. The highest BCUT2D eigenvalue weighted by Gasteiger charge is 2.31. The summed E-state index contributed by atoms with van der Waals surface area (Å²) in [7, 11) is 0. The van der Waals surface area contributed by atoms with E-state index in [1.807, 2.05) is 24.3 Å². The van der Waals surface area contributed by atoms with Crippen molar-refractivity contribution in [1.29, 1.82) is 0 Å². The lowest BCUT2D eigenvalue weighted by Gasteiger charge is -2.42. The van der Waals surface area contributed by atoms with Crippen LogP contribution in [0.25, 0.3) is 11.3 Å². The van der Waals surface area contributed by atoms with Crippen LogP contribution in [0.4, 0.5) is 5.82 Å². The average Bonchev–Trinajstić information content (AvgIpc) is 2.55. The van der Waals surface area contributed by atoms with Crippen LogP contribution in [0.5, 0.6) is 0 Å². The van der Waals surface area contributed by atoms with E-state index < -0.39 is 0 Å². The topological polar surface area (TPSA) is 63.2 Å². The highest BCUT2D eigenvalue weighted by molar-refractivity contribution is 5.58. The number of nitrogens with zero attached hydrogens (tertiary/aromatic N) is 4. The van der Waals surface area contributed by atoms with E-state index in [2.05, 4.69) is 25.4 Å². The Bertz CT molecular complexity index is 591. The molecule has 1 N–H and O–H groups in total. The standard InChI is InChI=1S/C15H17N5O/c1-2-11(6-16-5-1)14-3-4-15(19-18-14)20-9-12-7-17-8-13(10-20)21-12/h1-6,12-13,17H,7-10H2. The van der Waals surface area contributed by atoms with Gasteiger partial charge in [0.05, 0.1) is 17.9 Å². The quantitative estimate of drug-likeness (QED) is 0.876. The fourth-order valence-corrected chi connectivity index (χ4v) is 2.90. The van der Waals surface area contributed by atoms with Gasteiger partial charge in [-0.25, -0.2) is 0 Å². The number of pyridine rings is 1. The third kappa shape index (κ3) is 2.59. The second-order valence-corrected chi connectivity index (χ2v) is 5.46. The van der Waals surface area contributed by atoms with E-state index in [0.717, 1.165) is 43.3 Å². The summed E-state index contributed by atoms with van der Waals surface area (Å²) in [5, 5.41) is 12.1. The van der Waals surface area contributed by atoms with Crippen molar-refractivity contribution in [1.82, 2.24) is 20.5 Å². The predicted octanol–water partition coefficient (Wildman–Crippen LogP) is 0.716. The first kappa shape index (κ1) is 12.7. The predicted molar refractivity (Wildman–Crippen MR) is 79.0 cm³/mol. The van der Waals surface area contributed by atoms with Gasteiger partial charge in [-0.2, -0.15) is 0 Å². The number of fused-ring (bicyclic) bond motifs is 2. The summed E-state index contributed by atoms with van der Waals surface area (Å²) in [4.78, 5) is 6.37. The molecule has 0 saturated carbocycles. The summed E-state index contributed by atoms with van der Waals surface area (Å²) in [6.07, 6.45) is 4.05. The minimum atomic E-state index is 0.247. The zero-order chi connectivity index (χ0) is 14.1. The summed E-state index contributed by atoms with van der Waals surface area (Å²) in [6.45, 7) is 3.55. The molecule has 2 aromatic rings. The SMILES string of the molecule is c1cncc(-c2ccc(N3CC4CNCC(C3)O4)nn2)c1. The molecule has 0 spiro atoms. The van der Waals surface area contributed by atoms with Crippen molar-refractivity contribution < 1.29 is 4.74 Å². The Kier molecular flexibility index (Phi) is 3.25. The van der Waals surface area contributed by atoms with Crippen molar-refractivity contribution in [3.05, 3.63) is 36.7 Å². The molecular formula is C15H17N5O. The molecule has 0 aromatic carbocycles. The smallest absolute Gasteiger partial charge is 0.151 e. The zero-order valence-electron chi connectivity index (χ0n) is 11.6. The van der Waals surface area contributed by atoms with Gasteiger partial charge in [0, 0.05) is 44.1 Å². The third-order valence-corrected chi connectivity index (χ3v) is 3.91. The van der Waals surface area contributed by atoms with E-state index in [4.69, 9.17) is 4.74 Å². The minimum Gasteiger partial charge on any atom is -0.369 e. The van der Waals surface area contributed by atoms with Crippen molar-refractivity contribution in [3.63, 3.8) is 0 Å². The lowest BCUT2D eigenvalue weighted by Crippen LogP contribution is -2.58. The van der Waals surface area contributed by atoms with Gasteiger partial charge in [-0.15, -0.1) is 10.2 Å². The normalized spacial score (nSPS) is 24.9. The maximum absolute atomic E-state index is 5.91. The molecule has 6 nitrogen and oxygen atoms in total. The average molecular weight is 283 g/mol. The largest absolute Gasteiger partial charge is 0.369 e. The van der Waals surface area contributed by atoms with E-state index in [9.17, 15) is 0 Å². The second-order valence-electron chi connectivity index (χ2n) is 5.46. The number of nitrogens with one attached hydrogen (secondary N) is 1.